The molecule has 0 fully saturated rings. The lowest BCUT2D eigenvalue weighted by Crippen LogP contribution is -2.47. The van der Waals surface area contributed by atoms with Crippen molar-refractivity contribution in [3.8, 4) is 0 Å². The third-order valence-electron chi connectivity index (χ3n) is 15.5. The first-order valence-electron chi connectivity index (χ1n) is 35.6. The van der Waals surface area contributed by atoms with Crippen LogP contribution >= 0.6 is 7.82 Å². The summed E-state index contributed by atoms with van der Waals surface area (Å²) in [5.41, 5.74) is 0. The number of nitrogens with one attached hydrogen (secondary N) is 1. The van der Waals surface area contributed by atoms with Crippen LogP contribution in [0.5, 0.6) is 0 Å². The number of quaternary nitrogens is 1. The first-order valence-corrected chi connectivity index (χ1v) is 37.1. The highest BCUT2D eigenvalue weighted by Crippen LogP contribution is 2.43. The number of esters is 1. The molecule has 85 heavy (non-hydrogen) atoms. The van der Waals surface area contributed by atoms with Crippen LogP contribution in [-0.4, -0.2) is 74.3 Å². The lowest BCUT2D eigenvalue weighted by Gasteiger charge is -2.27. The predicted molar refractivity (Wildman–Crippen MR) is 369 cm³/mol. The summed E-state index contributed by atoms with van der Waals surface area (Å²) in [7, 11) is 1.47. The zero-order chi connectivity index (χ0) is 62.1. The van der Waals surface area contributed by atoms with Gasteiger partial charge >= 0.3 is 13.8 Å². The van der Waals surface area contributed by atoms with Crippen molar-refractivity contribution >= 4 is 19.7 Å². The van der Waals surface area contributed by atoms with Crippen molar-refractivity contribution in [2.24, 2.45) is 0 Å². The van der Waals surface area contributed by atoms with Crippen molar-refractivity contribution in [3.05, 3.63) is 97.2 Å². The van der Waals surface area contributed by atoms with Gasteiger partial charge in [-0.1, -0.05) is 285 Å². The third kappa shape index (κ3) is 65.2. The van der Waals surface area contributed by atoms with E-state index >= 15 is 0 Å². The number of unbranched alkanes of at least 4 members (excludes halogenated alkanes) is 34. The minimum atomic E-state index is -4.47. The number of nitrogens with zero attached hydrogens (tertiary/aromatic N) is 1. The molecule has 0 aromatic carbocycles. The number of ether oxygens (including phenoxy) is 1. The number of rotatable bonds is 64. The molecule has 0 spiro atoms. The second-order valence-electron chi connectivity index (χ2n) is 25.0. The van der Waals surface area contributed by atoms with Crippen LogP contribution in [0.4, 0.5) is 0 Å². The molecule has 1 amide bonds. The largest absolute Gasteiger partial charge is 0.472 e. The molecule has 0 bridgehead atoms. The van der Waals surface area contributed by atoms with Gasteiger partial charge in [0.05, 0.1) is 33.8 Å². The quantitative estimate of drug-likeness (QED) is 0.0205. The van der Waals surface area contributed by atoms with Gasteiger partial charge < -0.3 is 19.4 Å². The lowest BCUT2D eigenvalue weighted by atomic mass is 10.0. The van der Waals surface area contributed by atoms with E-state index in [0.717, 1.165) is 89.9 Å². The molecule has 3 unspecified atom stereocenters. The number of carbonyl (C=O) groups excluding carboxylic acids is 2. The van der Waals surface area contributed by atoms with Crippen molar-refractivity contribution in [3.63, 3.8) is 0 Å². The second kappa shape index (κ2) is 63.9. The molecule has 0 aliphatic carbocycles. The van der Waals surface area contributed by atoms with E-state index in [-0.39, 0.29) is 31.5 Å². The van der Waals surface area contributed by atoms with E-state index in [4.69, 9.17) is 13.8 Å². The van der Waals surface area contributed by atoms with Crippen LogP contribution in [-0.2, 0) is 27.9 Å². The summed E-state index contributed by atoms with van der Waals surface area (Å²) in [4.78, 5) is 37.9. The molecule has 0 aliphatic heterocycles. The number of amides is 1. The molecular formula is C75H136N2O7P+. The smallest absolute Gasteiger partial charge is 0.456 e. The lowest BCUT2D eigenvalue weighted by molar-refractivity contribution is -0.870. The Hall–Kier alpha value is -3.07. The molecule has 0 radical (unpaired) electrons. The molecule has 0 rings (SSSR count). The predicted octanol–water partition coefficient (Wildman–Crippen LogP) is 22.7. The van der Waals surface area contributed by atoms with Gasteiger partial charge in [0.25, 0.3) is 0 Å². The highest BCUT2D eigenvalue weighted by Gasteiger charge is 2.30. The maximum atomic E-state index is 13.6. The Morgan fingerprint density at radius 3 is 1.11 bits per heavy atom. The van der Waals surface area contributed by atoms with E-state index in [1.165, 1.54) is 186 Å². The van der Waals surface area contributed by atoms with Crippen molar-refractivity contribution < 1.29 is 37.3 Å². The molecule has 0 saturated carbocycles. The Balaban J connectivity index is 5.12. The molecule has 0 aromatic rings. The third-order valence-corrected chi connectivity index (χ3v) is 16.5. The number of allylic oxidation sites excluding steroid dienone is 15. The van der Waals surface area contributed by atoms with Crippen LogP contribution in [0.15, 0.2) is 97.2 Å². The molecule has 9 nitrogen and oxygen atoms in total. The maximum Gasteiger partial charge on any atom is 0.472 e. The van der Waals surface area contributed by atoms with Gasteiger partial charge in [0.1, 0.15) is 19.3 Å². The van der Waals surface area contributed by atoms with E-state index in [1.807, 2.05) is 33.3 Å². The zero-order valence-electron chi connectivity index (χ0n) is 56.3. The molecule has 0 heterocycles. The highest BCUT2D eigenvalue weighted by molar-refractivity contribution is 7.47. The minimum Gasteiger partial charge on any atom is -0.456 e. The molecule has 0 saturated heterocycles. The van der Waals surface area contributed by atoms with Gasteiger partial charge in [-0.05, 0) is 115 Å². The normalized spacial score (nSPS) is 14.1. The van der Waals surface area contributed by atoms with Crippen molar-refractivity contribution in [1.29, 1.82) is 0 Å². The summed E-state index contributed by atoms with van der Waals surface area (Å²) in [6.45, 7) is 6.96. The summed E-state index contributed by atoms with van der Waals surface area (Å²) < 4.78 is 30.8. The molecule has 10 heteroatoms. The summed E-state index contributed by atoms with van der Waals surface area (Å²) >= 11 is 0. The molecule has 0 aliphatic rings. The number of hydrogen-bond acceptors (Lipinski definition) is 6. The Labute approximate surface area is 526 Å². The van der Waals surface area contributed by atoms with Gasteiger partial charge in [-0.2, -0.15) is 0 Å². The van der Waals surface area contributed by atoms with E-state index in [1.54, 1.807) is 0 Å². The van der Waals surface area contributed by atoms with Crippen LogP contribution in [0.2, 0.25) is 0 Å². The van der Waals surface area contributed by atoms with Crippen LogP contribution in [0.3, 0.4) is 0 Å². The van der Waals surface area contributed by atoms with Crippen LogP contribution in [0.25, 0.3) is 0 Å². The average molecular weight is 1210 g/mol. The summed E-state index contributed by atoms with van der Waals surface area (Å²) in [6, 6.07) is -0.868. The topological polar surface area (TPSA) is 111 Å². The Kier molecular flexibility index (Phi) is 61.6. The monoisotopic (exact) mass is 1210 g/mol. The number of likely N-dealkylation sites (N-methyl/N-ethyl adjacent to an activating group) is 1. The first-order chi connectivity index (χ1) is 41.4. The number of phosphoric ester groups is 1. The van der Waals surface area contributed by atoms with E-state index in [2.05, 4.69) is 111 Å². The summed E-state index contributed by atoms with van der Waals surface area (Å²) in [5.74, 6) is -0.537. The maximum absolute atomic E-state index is 13.6. The van der Waals surface area contributed by atoms with E-state index in [9.17, 15) is 19.0 Å². The SMILES string of the molecule is CCCCC/C=C\C/C=C\C/C=C\C/C=C\CCCCCC(=O)OC(/C=C\CCCCCCCCCCCCC)C(COP(=O)(O)OCC[N+](C)(C)C)NC(=O)CCCCCCCCCCCCCCCC/C=C\C/C=C\C/C=C\CCCCC. The molecular weight excluding hydrogens is 1070 g/mol. The fourth-order valence-corrected chi connectivity index (χ4v) is 10.7. The van der Waals surface area contributed by atoms with Crippen molar-refractivity contribution in [2.45, 2.75) is 328 Å². The fourth-order valence-electron chi connectivity index (χ4n) is 9.99. The van der Waals surface area contributed by atoms with Crippen LogP contribution in [0.1, 0.15) is 316 Å². The molecule has 3 atom stereocenters. The number of carbonyl (C=O) groups is 2. The average Bonchev–Trinajstić information content (AvgIpc) is 3.50. The molecule has 492 valence electrons. The number of phosphoric acid groups is 1. The fraction of sp³-hybridized carbons (Fsp3) is 0.760. The van der Waals surface area contributed by atoms with Crippen LogP contribution in [0, 0.1) is 0 Å². The van der Waals surface area contributed by atoms with Gasteiger partial charge in [0, 0.05) is 12.8 Å². The van der Waals surface area contributed by atoms with E-state index in [0.29, 0.717) is 23.9 Å². The molecule has 0 aromatic heterocycles. The van der Waals surface area contributed by atoms with Crippen LogP contribution < -0.4 is 5.32 Å². The van der Waals surface area contributed by atoms with Gasteiger partial charge in [0.2, 0.25) is 5.91 Å². The van der Waals surface area contributed by atoms with Gasteiger partial charge in [0.15, 0.2) is 0 Å². The molecule has 2 N–H and O–H groups in total. The van der Waals surface area contributed by atoms with Gasteiger partial charge in [-0.15, -0.1) is 0 Å². The first kappa shape index (κ1) is 81.9. The second-order valence-corrected chi connectivity index (χ2v) is 26.5. The Bertz CT molecular complexity index is 1780. The van der Waals surface area contributed by atoms with Crippen molar-refractivity contribution in [1.82, 2.24) is 5.32 Å². The van der Waals surface area contributed by atoms with E-state index < -0.39 is 20.0 Å². The highest BCUT2D eigenvalue weighted by atomic mass is 31.2. The van der Waals surface area contributed by atoms with Gasteiger partial charge in [-0.3, -0.25) is 18.6 Å². The summed E-state index contributed by atoms with van der Waals surface area (Å²) in [5, 5.41) is 3.06. The zero-order valence-corrected chi connectivity index (χ0v) is 57.2. The standard InChI is InChI=1S/C75H135N2O7P/c1-7-10-13-16-19-22-25-28-30-32-34-35-36-37-38-39-40-41-43-44-46-49-52-55-58-61-64-67-74(78)76-72(71-83-85(80,81)82-70-69-77(4,5)6)73(66-63-60-57-54-51-48-27-24-21-18-15-12-9-3)84-75(79)68-65-62-59-56-53-50-47-45-42-33-31-29-26-23-20-17-14-11-8-2/h19-20,22-23,28-31,34-35,42,45,50,53,63,66,72-73H,7-18,21,24-27,32-33,36-41,43-44,46-49,51-52,54-62,64-65,67-71H2,1-6H3,(H-,76,78,80,81)/p+1/b22-19-,23-20-,30-28-,31-29-,35-34-,45-42-,53-50-,66-63-. The Morgan fingerprint density at radius 2 is 0.718 bits per heavy atom. The van der Waals surface area contributed by atoms with Gasteiger partial charge in [-0.25, -0.2) is 4.57 Å². The Morgan fingerprint density at radius 1 is 0.412 bits per heavy atom. The number of hydrogen-bond donors (Lipinski definition) is 2. The van der Waals surface area contributed by atoms with Crippen molar-refractivity contribution in [2.75, 3.05) is 40.9 Å². The minimum absolute atomic E-state index is 0.0316. The summed E-state index contributed by atoms with van der Waals surface area (Å²) in [6.07, 6.45) is 87.0.